The molecule has 1 aliphatic heterocycles. The Morgan fingerprint density at radius 3 is 2.47 bits per heavy atom. The molecule has 5 nitrogen and oxygen atoms in total. The van der Waals surface area contributed by atoms with Crippen LogP contribution in [0.4, 0.5) is 13.2 Å². The number of hydrogen-bond acceptors (Lipinski definition) is 4. The van der Waals surface area contributed by atoms with Crippen LogP contribution in [0, 0.1) is 0 Å². The minimum Gasteiger partial charge on any atom is -0.493 e. The highest BCUT2D eigenvalue weighted by Crippen LogP contribution is 2.42. The van der Waals surface area contributed by atoms with Crippen LogP contribution in [0.5, 0.6) is 11.5 Å². The number of carbonyl (C=O) groups is 1. The van der Waals surface area contributed by atoms with Gasteiger partial charge in [0.2, 0.25) is 0 Å². The van der Waals surface area contributed by atoms with Crippen molar-refractivity contribution in [3.05, 3.63) is 58.1 Å². The Kier molecular flexibility index (Phi) is 6.47. The normalized spacial score (nSPS) is 18.3. The van der Waals surface area contributed by atoms with Crippen molar-refractivity contribution >= 4 is 17.6 Å². The second-order valence-corrected chi connectivity index (χ2v) is 7.39. The minimum absolute atomic E-state index is 0.124. The molecule has 0 amide bonds. The van der Waals surface area contributed by atoms with Gasteiger partial charge in [0.1, 0.15) is 6.04 Å². The summed E-state index contributed by atoms with van der Waals surface area (Å²) in [6.45, 7) is 0.405. The number of carboxylic acid groups (broad SMARTS) is 1. The van der Waals surface area contributed by atoms with E-state index in [2.05, 4.69) is 0 Å². The predicted octanol–water partition coefficient (Wildman–Crippen LogP) is 5.01. The first kappa shape index (κ1) is 22.2. The fourth-order valence-corrected chi connectivity index (χ4v) is 4.09. The fraction of sp³-hybridized carbons (Fsp3) is 0.381. The summed E-state index contributed by atoms with van der Waals surface area (Å²) in [4.78, 5) is 13.5. The van der Waals surface area contributed by atoms with Crippen LogP contribution in [-0.2, 0) is 11.0 Å². The van der Waals surface area contributed by atoms with E-state index in [0.717, 1.165) is 12.1 Å². The van der Waals surface area contributed by atoms with E-state index in [1.165, 1.54) is 20.3 Å². The molecule has 1 saturated heterocycles. The zero-order valence-electron chi connectivity index (χ0n) is 16.4. The van der Waals surface area contributed by atoms with Crippen LogP contribution in [0.25, 0.3) is 0 Å². The van der Waals surface area contributed by atoms with Crippen LogP contribution in [0.1, 0.15) is 35.6 Å². The van der Waals surface area contributed by atoms with E-state index in [0.29, 0.717) is 36.4 Å². The molecular formula is C21H21ClF3NO4. The van der Waals surface area contributed by atoms with Crippen molar-refractivity contribution in [2.24, 2.45) is 0 Å². The second-order valence-electron chi connectivity index (χ2n) is 6.99. The molecule has 0 aliphatic carbocycles. The quantitative estimate of drug-likeness (QED) is 0.679. The summed E-state index contributed by atoms with van der Waals surface area (Å²) in [5.41, 5.74) is -0.104. The molecule has 3 rings (SSSR count). The van der Waals surface area contributed by atoms with Gasteiger partial charge >= 0.3 is 12.1 Å². The van der Waals surface area contributed by atoms with Crippen LogP contribution in [0.15, 0.2) is 36.4 Å². The van der Waals surface area contributed by atoms with Crippen LogP contribution in [0.2, 0.25) is 5.02 Å². The third kappa shape index (κ3) is 4.34. The van der Waals surface area contributed by atoms with Crippen molar-refractivity contribution in [2.45, 2.75) is 31.1 Å². The Morgan fingerprint density at radius 1 is 1.17 bits per heavy atom. The monoisotopic (exact) mass is 443 g/mol. The number of benzene rings is 2. The first-order valence-corrected chi connectivity index (χ1v) is 9.62. The summed E-state index contributed by atoms with van der Waals surface area (Å²) in [6.07, 6.45) is -3.55. The third-order valence-corrected chi connectivity index (χ3v) is 5.60. The summed E-state index contributed by atoms with van der Waals surface area (Å²) in [7, 11) is 2.92. The molecule has 0 aromatic heterocycles. The highest BCUT2D eigenvalue weighted by Gasteiger charge is 2.39. The summed E-state index contributed by atoms with van der Waals surface area (Å²) < 4.78 is 50.7. The number of aliphatic carboxylic acids is 1. The van der Waals surface area contributed by atoms with E-state index < -0.39 is 29.8 Å². The van der Waals surface area contributed by atoms with Crippen molar-refractivity contribution in [1.29, 1.82) is 0 Å². The van der Waals surface area contributed by atoms with E-state index in [1.54, 1.807) is 23.1 Å². The number of carboxylic acids is 1. The predicted molar refractivity (Wildman–Crippen MR) is 105 cm³/mol. The highest BCUT2D eigenvalue weighted by atomic mass is 35.5. The first-order valence-electron chi connectivity index (χ1n) is 9.24. The fourth-order valence-electron chi connectivity index (χ4n) is 3.87. The lowest BCUT2D eigenvalue weighted by atomic mass is 9.94. The van der Waals surface area contributed by atoms with Crippen LogP contribution < -0.4 is 9.47 Å². The third-order valence-electron chi connectivity index (χ3n) is 5.25. The number of likely N-dealkylation sites (tertiary alicyclic amines) is 1. The van der Waals surface area contributed by atoms with Gasteiger partial charge < -0.3 is 14.6 Å². The van der Waals surface area contributed by atoms with Gasteiger partial charge in [-0.15, -0.1) is 0 Å². The highest BCUT2D eigenvalue weighted by molar-refractivity contribution is 6.31. The molecule has 2 aromatic rings. The minimum atomic E-state index is -4.56. The largest absolute Gasteiger partial charge is 0.493 e. The molecule has 0 bridgehead atoms. The molecule has 162 valence electrons. The first-order chi connectivity index (χ1) is 14.2. The van der Waals surface area contributed by atoms with Gasteiger partial charge in [-0.2, -0.15) is 13.2 Å². The standard InChI is InChI=1S/C21H21ClF3NO4/c1-29-17-8-5-12(10-18(17)30-2)19(26-9-3-4-16(26)20(27)28)14-11-13(21(23,24)25)6-7-15(14)22/h5-8,10-11,16,19H,3-4,9H2,1-2H3,(H,27,28). The molecular weight excluding hydrogens is 423 g/mol. The van der Waals surface area contributed by atoms with E-state index in [9.17, 15) is 23.1 Å². The van der Waals surface area contributed by atoms with E-state index in [1.807, 2.05) is 0 Å². The Labute approximate surface area is 177 Å². The summed E-state index contributed by atoms with van der Waals surface area (Å²) in [6, 6.07) is 6.40. The molecule has 30 heavy (non-hydrogen) atoms. The smallest absolute Gasteiger partial charge is 0.416 e. The van der Waals surface area contributed by atoms with Gasteiger partial charge in [-0.05, 0) is 54.3 Å². The van der Waals surface area contributed by atoms with Gasteiger partial charge in [-0.25, -0.2) is 0 Å². The average molecular weight is 444 g/mol. The topological polar surface area (TPSA) is 59.0 Å². The molecule has 1 N–H and O–H groups in total. The van der Waals surface area contributed by atoms with Crippen LogP contribution >= 0.6 is 11.6 Å². The number of nitrogens with zero attached hydrogens (tertiary/aromatic N) is 1. The maximum absolute atomic E-state index is 13.4. The Morgan fingerprint density at radius 2 is 1.87 bits per heavy atom. The van der Waals surface area contributed by atoms with Gasteiger partial charge in [0, 0.05) is 11.6 Å². The Bertz CT molecular complexity index is 935. The molecule has 1 heterocycles. The van der Waals surface area contributed by atoms with Crippen molar-refractivity contribution in [3.63, 3.8) is 0 Å². The lowest BCUT2D eigenvalue weighted by molar-refractivity contribution is -0.143. The lowest BCUT2D eigenvalue weighted by Gasteiger charge is -2.33. The maximum Gasteiger partial charge on any atom is 0.416 e. The van der Waals surface area contributed by atoms with Crippen molar-refractivity contribution in [3.8, 4) is 11.5 Å². The Balaban J connectivity index is 2.20. The van der Waals surface area contributed by atoms with E-state index in [-0.39, 0.29) is 10.6 Å². The maximum atomic E-state index is 13.4. The van der Waals surface area contributed by atoms with Crippen LogP contribution in [0.3, 0.4) is 0 Å². The molecule has 1 aliphatic rings. The van der Waals surface area contributed by atoms with E-state index >= 15 is 0 Å². The van der Waals surface area contributed by atoms with Gasteiger partial charge in [0.15, 0.2) is 11.5 Å². The lowest BCUT2D eigenvalue weighted by Crippen LogP contribution is -2.39. The number of hydrogen-bond donors (Lipinski definition) is 1. The van der Waals surface area contributed by atoms with Crippen LogP contribution in [-0.4, -0.2) is 42.8 Å². The number of ether oxygens (including phenoxy) is 2. The average Bonchev–Trinajstić information content (AvgIpc) is 3.18. The van der Waals surface area contributed by atoms with Crippen molar-refractivity contribution in [1.82, 2.24) is 4.90 Å². The molecule has 9 heteroatoms. The number of methoxy groups -OCH3 is 2. The van der Waals surface area contributed by atoms with E-state index in [4.69, 9.17) is 21.1 Å². The van der Waals surface area contributed by atoms with Crippen molar-refractivity contribution in [2.75, 3.05) is 20.8 Å². The number of alkyl halides is 3. The van der Waals surface area contributed by atoms with Gasteiger partial charge in [0.05, 0.1) is 25.8 Å². The SMILES string of the molecule is COc1ccc(C(c2cc(C(F)(F)F)ccc2Cl)N2CCCC2C(=O)O)cc1OC. The molecule has 1 fully saturated rings. The second kappa shape index (κ2) is 8.73. The zero-order chi connectivity index (χ0) is 22.1. The summed E-state index contributed by atoms with van der Waals surface area (Å²) >= 11 is 6.33. The van der Waals surface area contributed by atoms with Crippen molar-refractivity contribution < 1.29 is 32.5 Å². The molecule has 0 radical (unpaired) electrons. The van der Waals surface area contributed by atoms with Gasteiger partial charge in [-0.1, -0.05) is 17.7 Å². The Hall–Kier alpha value is -2.45. The molecule has 0 saturated carbocycles. The molecule has 2 atom stereocenters. The summed E-state index contributed by atoms with van der Waals surface area (Å²) in [5, 5.41) is 9.79. The van der Waals surface area contributed by atoms with Gasteiger partial charge in [-0.3, -0.25) is 9.69 Å². The molecule has 2 unspecified atom stereocenters. The number of halogens is 4. The number of rotatable bonds is 6. The molecule has 0 spiro atoms. The zero-order valence-corrected chi connectivity index (χ0v) is 17.1. The molecule has 2 aromatic carbocycles. The van der Waals surface area contributed by atoms with Gasteiger partial charge in [0.25, 0.3) is 0 Å². The summed E-state index contributed by atoms with van der Waals surface area (Å²) in [5.74, 6) is -0.193.